The van der Waals surface area contributed by atoms with Crippen molar-refractivity contribution in [3.63, 3.8) is 0 Å². The van der Waals surface area contributed by atoms with Crippen molar-refractivity contribution in [2.45, 2.75) is 39.3 Å². The van der Waals surface area contributed by atoms with E-state index in [2.05, 4.69) is 27.3 Å². The first-order valence-electron chi connectivity index (χ1n) is 12.3. The number of carbonyl (C=O) groups excluding carboxylic acids is 1. The van der Waals surface area contributed by atoms with E-state index in [4.69, 9.17) is 0 Å². The molecule has 0 radical (unpaired) electrons. The van der Waals surface area contributed by atoms with Gasteiger partial charge in [-0.25, -0.2) is 9.07 Å². The molecule has 1 fully saturated rings. The molecule has 1 saturated heterocycles. The minimum atomic E-state index is -4.50. The maximum absolute atomic E-state index is 14.3. The number of halogens is 4. The average Bonchev–Trinajstić information content (AvgIpc) is 3.63. The number of alkyl halides is 3. The van der Waals surface area contributed by atoms with Crippen molar-refractivity contribution in [2.24, 2.45) is 7.05 Å². The van der Waals surface area contributed by atoms with Crippen LogP contribution in [0.1, 0.15) is 40.9 Å². The van der Waals surface area contributed by atoms with Gasteiger partial charge in [-0.2, -0.15) is 18.3 Å². The zero-order valence-corrected chi connectivity index (χ0v) is 21.9. The fraction of sp³-hybridized carbons (Fsp3) is 0.333. The summed E-state index contributed by atoms with van der Waals surface area (Å²) in [5.74, 6) is -1.44. The predicted molar refractivity (Wildman–Crippen MR) is 138 cm³/mol. The highest BCUT2D eigenvalue weighted by Crippen LogP contribution is 2.26. The third-order valence-corrected chi connectivity index (χ3v) is 6.55. The number of rotatable bonds is 8. The average molecular weight is 544 g/mol. The first-order chi connectivity index (χ1) is 18.4. The second-order valence-electron chi connectivity index (χ2n) is 9.38. The monoisotopic (exact) mass is 543 g/mol. The van der Waals surface area contributed by atoms with E-state index >= 15 is 0 Å². The van der Waals surface area contributed by atoms with E-state index in [9.17, 15) is 22.4 Å². The number of aromatic nitrogens is 5. The molecule has 39 heavy (non-hydrogen) atoms. The van der Waals surface area contributed by atoms with Crippen LogP contribution < -0.4 is 5.32 Å². The standard InChI is InChI=1S/C27H29F4N7O/c1-17-7-8-20(13-24(17)38-16-23(34-35-38)22-15-32-36(4)19(22)3)26(39)33-21(9-10-27(29,30)31)14-25(18(2)28)37-11-5-6-12-37/h7-9,13-16H,2,5-6,10-12H2,1,3-4H3,(H,33,39)/b21-9+,25-14+. The second-order valence-corrected chi connectivity index (χ2v) is 9.38. The Hall–Kier alpha value is -4.22. The molecular formula is C27H29F4N7O. The minimum absolute atomic E-state index is 0.0478. The fourth-order valence-electron chi connectivity index (χ4n) is 4.27. The van der Waals surface area contributed by atoms with E-state index in [0.717, 1.165) is 35.7 Å². The van der Waals surface area contributed by atoms with Gasteiger partial charge in [0.1, 0.15) is 11.5 Å². The van der Waals surface area contributed by atoms with Gasteiger partial charge >= 0.3 is 6.18 Å². The first kappa shape index (κ1) is 27.8. The van der Waals surface area contributed by atoms with Crippen molar-refractivity contribution in [2.75, 3.05) is 13.1 Å². The van der Waals surface area contributed by atoms with Crippen LogP contribution in [0.25, 0.3) is 16.9 Å². The van der Waals surface area contributed by atoms with Gasteiger partial charge in [-0.15, -0.1) is 5.10 Å². The molecule has 4 rings (SSSR count). The topological polar surface area (TPSA) is 80.9 Å². The zero-order valence-electron chi connectivity index (χ0n) is 21.9. The fourth-order valence-corrected chi connectivity index (χ4v) is 4.27. The molecular weight excluding hydrogens is 514 g/mol. The molecule has 1 N–H and O–H groups in total. The van der Waals surface area contributed by atoms with E-state index in [1.807, 2.05) is 20.9 Å². The van der Waals surface area contributed by atoms with Crippen molar-refractivity contribution in [1.82, 2.24) is 35.0 Å². The van der Waals surface area contributed by atoms with Gasteiger partial charge in [0, 0.05) is 42.7 Å². The molecule has 3 heterocycles. The lowest BCUT2D eigenvalue weighted by molar-refractivity contribution is -0.125. The molecule has 0 aliphatic carbocycles. The molecule has 0 saturated carbocycles. The molecule has 0 bridgehead atoms. The third kappa shape index (κ3) is 6.62. The Bertz CT molecular complexity index is 1440. The van der Waals surface area contributed by atoms with Crippen LogP contribution >= 0.6 is 0 Å². The highest BCUT2D eigenvalue weighted by atomic mass is 19.4. The maximum Gasteiger partial charge on any atom is 0.392 e. The van der Waals surface area contributed by atoms with E-state index in [1.165, 1.54) is 10.8 Å². The Morgan fingerprint density at radius 1 is 1.21 bits per heavy atom. The minimum Gasteiger partial charge on any atom is -0.369 e. The number of hydrogen-bond acceptors (Lipinski definition) is 5. The van der Waals surface area contributed by atoms with Crippen molar-refractivity contribution >= 4 is 5.91 Å². The number of nitrogens with one attached hydrogen (secondary N) is 1. The van der Waals surface area contributed by atoms with Crippen LogP contribution in [0, 0.1) is 13.8 Å². The molecule has 12 heteroatoms. The summed E-state index contributed by atoms with van der Waals surface area (Å²) >= 11 is 0. The van der Waals surface area contributed by atoms with Gasteiger partial charge in [0.25, 0.3) is 5.91 Å². The van der Waals surface area contributed by atoms with Crippen LogP contribution in [0.4, 0.5) is 17.6 Å². The normalized spacial score (nSPS) is 14.7. The van der Waals surface area contributed by atoms with Crippen molar-refractivity contribution in [3.05, 3.63) is 83.4 Å². The van der Waals surface area contributed by atoms with Crippen LogP contribution in [0.2, 0.25) is 0 Å². The Labute approximate surface area is 223 Å². The number of allylic oxidation sites excluding steroid dienone is 3. The molecule has 0 spiro atoms. The number of benzene rings is 1. The molecule has 8 nitrogen and oxygen atoms in total. The molecule has 1 aliphatic rings. The number of amides is 1. The summed E-state index contributed by atoms with van der Waals surface area (Å²) in [5.41, 5.74) is 3.73. The highest BCUT2D eigenvalue weighted by molar-refractivity contribution is 5.96. The van der Waals surface area contributed by atoms with E-state index < -0.39 is 24.3 Å². The Morgan fingerprint density at radius 3 is 2.54 bits per heavy atom. The molecule has 1 aliphatic heterocycles. The summed E-state index contributed by atoms with van der Waals surface area (Å²) in [4.78, 5) is 14.9. The SMILES string of the molecule is C=C(F)/C(=C\C(=C/CC(F)(F)F)NC(=O)c1ccc(C)c(-n2cc(-c3cnn(C)c3C)nn2)c1)N1CCCC1. The lowest BCUT2D eigenvalue weighted by Gasteiger charge is -2.21. The highest BCUT2D eigenvalue weighted by Gasteiger charge is 2.26. The maximum atomic E-state index is 14.3. The summed E-state index contributed by atoms with van der Waals surface area (Å²) < 4.78 is 56.5. The van der Waals surface area contributed by atoms with Gasteiger partial charge in [-0.1, -0.05) is 23.9 Å². The number of likely N-dealkylation sites (tertiary alicyclic amines) is 1. The Morgan fingerprint density at radius 2 is 1.92 bits per heavy atom. The van der Waals surface area contributed by atoms with Crippen LogP contribution in [0.5, 0.6) is 0 Å². The second kappa shape index (κ2) is 11.3. The zero-order chi connectivity index (χ0) is 28.3. The van der Waals surface area contributed by atoms with Gasteiger partial charge in [0.15, 0.2) is 0 Å². The van der Waals surface area contributed by atoms with Gasteiger partial charge < -0.3 is 10.2 Å². The largest absolute Gasteiger partial charge is 0.392 e. The molecule has 1 aromatic carbocycles. The Kier molecular flexibility index (Phi) is 8.03. The van der Waals surface area contributed by atoms with Gasteiger partial charge in [0.2, 0.25) is 0 Å². The third-order valence-electron chi connectivity index (χ3n) is 6.55. The molecule has 3 aromatic rings. The van der Waals surface area contributed by atoms with E-state index in [-0.39, 0.29) is 17.0 Å². The van der Waals surface area contributed by atoms with Gasteiger partial charge in [-0.05, 0) is 50.5 Å². The number of aryl methyl sites for hydroxylation is 2. The number of nitrogens with zero attached hydrogens (tertiary/aromatic N) is 6. The number of carbonyl (C=O) groups is 1. The quantitative estimate of drug-likeness (QED) is 0.308. The van der Waals surface area contributed by atoms with Crippen LogP contribution in [0.15, 0.2) is 66.5 Å². The van der Waals surface area contributed by atoms with Gasteiger partial charge in [-0.3, -0.25) is 9.48 Å². The molecule has 206 valence electrons. The van der Waals surface area contributed by atoms with E-state index in [0.29, 0.717) is 24.5 Å². The Balaban J connectivity index is 1.63. The molecule has 0 unspecified atom stereocenters. The van der Waals surface area contributed by atoms with Crippen LogP contribution in [-0.2, 0) is 7.05 Å². The van der Waals surface area contributed by atoms with Gasteiger partial charge in [0.05, 0.1) is 30.2 Å². The summed E-state index contributed by atoms with van der Waals surface area (Å²) in [5, 5.41) is 15.1. The van der Waals surface area contributed by atoms with Crippen molar-refractivity contribution in [3.8, 4) is 16.9 Å². The molecule has 2 aromatic heterocycles. The molecule has 1 amide bonds. The summed E-state index contributed by atoms with van der Waals surface area (Å²) in [6.07, 6.45) is 1.28. The first-order valence-corrected chi connectivity index (χ1v) is 12.3. The van der Waals surface area contributed by atoms with E-state index in [1.54, 1.807) is 40.2 Å². The smallest absolute Gasteiger partial charge is 0.369 e. The van der Waals surface area contributed by atoms with Crippen LogP contribution in [0.3, 0.4) is 0 Å². The number of hydrogen-bond donors (Lipinski definition) is 1. The molecule has 0 atom stereocenters. The predicted octanol–water partition coefficient (Wildman–Crippen LogP) is 5.31. The summed E-state index contributed by atoms with van der Waals surface area (Å²) in [7, 11) is 1.82. The summed E-state index contributed by atoms with van der Waals surface area (Å²) in [6, 6.07) is 4.83. The van der Waals surface area contributed by atoms with Crippen LogP contribution in [-0.4, -0.2) is 54.8 Å². The lowest BCUT2D eigenvalue weighted by atomic mass is 10.1. The summed E-state index contributed by atoms with van der Waals surface area (Å²) in [6.45, 7) is 8.17. The lowest BCUT2D eigenvalue weighted by Crippen LogP contribution is -2.25. The van der Waals surface area contributed by atoms with Crippen molar-refractivity contribution in [1.29, 1.82) is 0 Å². The van der Waals surface area contributed by atoms with Crippen molar-refractivity contribution < 1.29 is 22.4 Å².